The highest BCUT2D eigenvalue weighted by Crippen LogP contribution is 2.24. The van der Waals surface area contributed by atoms with Crippen LogP contribution in [0.3, 0.4) is 0 Å². The molecule has 0 spiro atoms. The van der Waals surface area contributed by atoms with Gasteiger partial charge in [0, 0.05) is 43.0 Å². The van der Waals surface area contributed by atoms with Crippen LogP contribution in [0.4, 0.5) is 4.39 Å². The van der Waals surface area contributed by atoms with Crippen molar-refractivity contribution in [2.75, 3.05) is 0 Å². The molecule has 144 valence electrons. The van der Waals surface area contributed by atoms with E-state index < -0.39 is 11.9 Å². The lowest BCUT2D eigenvalue weighted by molar-refractivity contribution is 0.575. The van der Waals surface area contributed by atoms with Crippen LogP contribution in [0.15, 0.2) is 60.0 Å². The Morgan fingerprint density at radius 1 is 1.14 bits per heavy atom. The molecule has 8 nitrogen and oxygen atoms in total. The lowest BCUT2D eigenvalue weighted by Gasteiger charge is -2.14. The number of nitrogens with zero attached hydrogens (tertiary/aromatic N) is 7. The van der Waals surface area contributed by atoms with Crippen LogP contribution in [0.1, 0.15) is 18.8 Å². The van der Waals surface area contributed by atoms with Crippen molar-refractivity contribution in [3.05, 3.63) is 77.2 Å². The van der Waals surface area contributed by atoms with E-state index in [1.807, 2.05) is 6.92 Å². The minimum atomic E-state index is -0.493. The number of hydrogen-bond donors (Lipinski definition) is 0. The zero-order chi connectivity index (χ0) is 20.1. The van der Waals surface area contributed by atoms with Crippen molar-refractivity contribution >= 4 is 16.6 Å². The summed E-state index contributed by atoms with van der Waals surface area (Å²) in [5.74, 6) is -0.0395. The third-order valence-electron chi connectivity index (χ3n) is 5.01. The molecule has 0 saturated heterocycles. The van der Waals surface area contributed by atoms with Gasteiger partial charge in [0.25, 0.3) is 5.56 Å². The minimum Gasteiger partial charge on any atom is -0.304 e. The SMILES string of the molecule is CC(c1nnc2c(F)cc(-c3cnn(C)c3)cn12)n1ccc2ncccc2c1=O. The van der Waals surface area contributed by atoms with Gasteiger partial charge in [-0.3, -0.25) is 18.9 Å². The second-order valence-electron chi connectivity index (χ2n) is 6.87. The fourth-order valence-corrected chi connectivity index (χ4v) is 3.50. The maximum Gasteiger partial charge on any atom is 0.260 e. The van der Waals surface area contributed by atoms with Crippen LogP contribution >= 0.6 is 0 Å². The van der Waals surface area contributed by atoms with Gasteiger partial charge in [0.1, 0.15) is 0 Å². The van der Waals surface area contributed by atoms with Crippen molar-refractivity contribution in [1.29, 1.82) is 0 Å². The summed E-state index contributed by atoms with van der Waals surface area (Å²) in [5.41, 5.74) is 1.96. The second kappa shape index (κ2) is 6.33. The molecule has 0 fully saturated rings. The molecule has 0 saturated carbocycles. The summed E-state index contributed by atoms with van der Waals surface area (Å²) < 4.78 is 19.5. The maximum atomic E-state index is 14.7. The largest absolute Gasteiger partial charge is 0.304 e. The Labute approximate surface area is 163 Å². The fraction of sp³-hybridized carbons (Fsp3) is 0.150. The van der Waals surface area contributed by atoms with E-state index in [9.17, 15) is 9.18 Å². The first-order valence-corrected chi connectivity index (χ1v) is 9.02. The summed E-state index contributed by atoms with van der Waals surface area (Å²) in [5, 5.41) is 12.8. The summed E-state index contributed by atoms with van der Waals surface area (Å²) >= 11 is 0. The fourth-order valence-electron chi connectivity index (χ4n) is 3.50. The average Bonchev–Trinajstić information content (AvgIpc) is 3.34. The quantitative estimate of drug-likeness (QED) is 0.474. The summed E-state index contributed by atoms with van der Waals surface area (Å²) in [6.07, 6.45) is 8.54. The zero-order valence-electron chi connectivity index (χ0n) is 15.7. The van der Waals surface area contributed by atoms with E-state index in [0.717, 1.165) is 5.56 Å². The van der Waals surface area contributed by atoms with Crippen molar-refractivity contribution in [2.24, 2.45) is 7.05 Å². The van der Waals surface area contributed by atoms with Gasteiger partial charge >= 0.3 is 0 Å². The van der Waals surface area contributed by atoms with Gasteiger partial charge in [0.15, 0.2) is 17.3 Å². The molecule has 5 heterocycles. The predicted octanol–water partition coefficient (Wildman–Crippen LogP) is 2.59. The third kappa shape index (κ3) is 2.70. The molecule has 0 aliphatic heterocycles. The second-order valence-corrected chi connectivity index (χ2v) is 6.87. The molecular formula is C20H16FN7O. The van der Waals surface area contributed by atoms with Gasteiger partial charge in [-0.25, -0.2) is 4.39 Å². The summed E-state index contributed by atoms with van der Waals surface area (Å²) in [4.78, 5) is 17.1. The molecule has 5 rings (SSSR count). The van der Waals surface area contributed by atoms with Crippen LogP contribution in [0.25, 0.3) is 27.7 Å². The first-order chi connectivity index (χ1) is 14.0. The number of pyridine rings is 3. The Morgan fingerprint density at radius 2 is 2.00 bits per heavy atom. The van der Waals surface area contributed by atoms with Gasteiger partial charge < -0.3 is 4.57 Å². The standard InChI is InChI=1S/C20H16FN7O/c1-12(27-7-5-17-15(20(27)29)4-3-6-22-17)18-24-25-19-16(21)8-13(11-28(18)19)14-9-23-26(2)10-14/h3-12H,1-2H3. The first kappa shape index (κ1) is 17.2. The lowest BCUT2D eigenvalue weighted by atomic mass is 10.1. The highest BCUT2D eigenvalue weighted by atomic mass is 19.1. The third-order valence-corrected chi connectivity index (χ3v) is 5.01. The molecule has 0 N–H and O–H groups in total. The number of aromatic nitrogens is 7. The number of hydrogen-bond acceptors (Lipinski definition) is 5. The van der Waals surface area contributed by atoms with E-state index in [2.05, 4.69) is 20.3 Å². The van der Waals surface area contributed by atoms with Crippen molar-refractivity contribution < 1.29 is 4.39 Å². The van der Waals surface area contributed by atoms with Gasteiger partial charge in [-0.05, 0) is 31.2 Å². The number of fused-ring (bicyclic) bond motifs is 2. The Balaban J connectivity index is 1.68. The monoisotopic (exact) mass is 389 g/mol. The molecule has 0 aromatic carbocycles. The van der Waals surface area contributed by atoms with Gasteiger partial charge in [-0.15, -0.1) is 10.2 Å². The van der Waals surface area contributed by atoms with E-state index >= 15 is 0 Å². The molecule has 29 heavy (non-hydrogen) atoms. The topological polar surface area (TPSA) is 82.9 Å². The summed E-state index contributed by atoms with van der Waals surface area (Å²) in [6.45, 7) is 1.83. The Morgan fingerprint density at radius 3 is 2.79 bits per heavy atom. The smallest absolute Gasteiger partial charge is 0.260 e. The number of rotatable bonds is 3. The number of halogens is 1. The van der Waals surface area contributed by atoms with E-state index in [1.165, 1.54) is 6.07 Å². The molecule has 5 aromatic heterocycles. The summed E-state index contributed by atoms with van der Waals surface area (Å²) in [7, 11) is 1.80. The van der Waals surface area contributed by atoms with Crippen LogP contribution < -0.4 is 5.56 Å². The zero-order valence-corrected chi connectivity index (χ0v) is 15.7. The van der Waals surface area contributed by atoms with Crippen LogP contribution in [0.5, 0.6) is 0 Å². The van der Waals surface area contributed by atoms with Gasteiger partial charge in [0.2, 0.25) is 0 Å². The Hall–Kier alpha value is -3.88. The Bertz CT molecular complexity index is 1430. The molecule has 1 unspecified atom stereocenters. The average molecular weight is 389 g/mol. The van der Waals surface area contributed by atoms with E-state index in [-0.39, 0.29) is 11.2 Å². The van der Waals surface area contributed by atoms with Crippen LogP contribution in [-0.4, -0.2) is 33.9 Å². The summed E-state index contributed by atoms with van der Waals surface area (Å²) in [6, 6.07) is 6.17. The van der Waals surface area contributed by atoms with Crippen LogP contribution in [0, 0.1) is 5.82 Å². The van der Waals surface area contributed by atoms with Crippen molar-refractivity contribution in [1.82, 2.24) is 33.9 Å². The molecule has 9 heteroatoms. The maximum absolute atomic E-state index is 14.7. The van der Waals surface area contributed by atoms with E-state index in [0.29, 0.717) is 22.3 Å². The molecule has 5 aromatic rings. The van der Waals surface area contributed by atoms with Gasteiger partial charge in [-0.2, -0.15) is 5.10 Å². The molecular weight excluding hydrogens is 373 g/mol. The lowest BCUT2D eigenvalue weighted by Crippen LogP contribution is -2.25. The molecule has 0 aliphatic carbocycles. The van der Waals surface area contributed by atoms with E-state index in [4.69, 9.17) is 0 Å². The van der Waals surface area contributed by atoms with Crippen molar-refractivity contribution in [3.63, 3.8) is 0 Å². The van der Waals surface area contributed by atoms with Gasteiger partial charge in [0.05, 0.1) is 23.1 Å². The normalized spacial score (nSPS) is 12.7. The highest BCUT2D eigenvalue weighted by Gasteiger charge is 2.20. The Kier molecular flexibility index (Phi) is 3.76. The van der Waals surface area contributed by atoms with E-state index in [1.54, 1.807) is 69.9 Å². The molecule has 1 atom stereocenters. The minimum absolute atomic E-state index is 0.106. The van der Waals surface area contributed by atoms with Crippen molar-refractivity contribution in [3.8, 4) is 11.1 Å². The molecule has 0 bridgehead atoms. The number of aryl methyl sites for hydroxylation is 1. The molecule has 0 aliphatic rings. The van der Waals surface area contributed by atoms with Gasteiger partial charge in [-0.1, -0.05) is 0 Å². The van der Waals surface area contributed by atoms with Crippen molar-refractivity contribution in [2.45, 2.75) is 13.0 Å². The van der Waals surface area contributed by atoms with Crippen LogP contribution in [0.2, 0.25) is 0 Å². The predicted molar refractivity (Wildman–Crippen MR) is 105 cm³/mol. The molecule has 0 amide bonds. The first-order valence-electron chi connectivity index (χ1n) is 9.02. The van der Waals surface area contributed by atoms with Crippen LogP contribution in [-0.2, 0) is 7.05 Å². The highest BCUT2D eigenvalue weighted by molar-refractivity contribution is 5.76. The molecule has 0 radical (unpaired) electrons.